The minimum atomic E-state index is -0.706. The molecule has 1 aliphatic heterocycles. The van der Waals surface area contributed by atoms with Gasteiger partial charge in [0.25, 0.3) is 0 Å². The smallest absolute Gasteiger partial charge is 0.437 e. The number of methoxy groups -OCH3 is 1. The molecule has 0 amide bonds. The minimum absolute atomic E-state index is 0.480. The van der Waals surface area contributed by atoms with E-state index >= 15 is 0 Å². The molecule has 2 N–H and O–H groups in total. The maximum atomic E-state index is 11.3. The largest absolute Gasteiger partial charge is 0.513 e. The lowest BCUT2D eigenvalue weighted by Gasteiger charge is -2.24. The number of aryl methyl sites for hydroxylation is 1. The van der Waals surface area contributed by atoms with Crippen molar-refractivity contribution in [3.63, 3.8) is 0 Å². The number of nitrogens with one attached hydrogen (secondary N) is 2. The number of carbonyl (C=O) groups is 1. The fourth-order valence-corrected chi connectivity index (χ4v) is 4.14. The van der Waals surface area contributed by atoms with Crippen molar-refractivity contribution < 1.29 is 14.3 Å². The second-order valence-corrected chi connectivity index (χ2v) is 7.73. The van der Waals surface area contributed by atoms with Gasteiger partial charge in [-0.05, 0) is 54.5 Å². The third-order valence-corrected chi connectivity index (χ3v) is 5.72. The Labute approximate surface area is 177 Å². The predicted octanol–water partition coefficient (Wildman–Crippen LogP) is 5.47. The van der Waals surface area contributed by atoms with Gasteiger partial charge in [0.05, 0.1) is 7.11 Å². The molecular formula is C25H28N2O3. The first-order valence-corrected chi connectivity index (χ1v) is 10.6. The molecule has 1 atom stereocenters. The van der Waals surface area contributed by atoms with Gasteiger partial charge < -0.3 is 19.8 Å². The van der Waals surface area contributed by atoms with Crippen LogP contribution in [0.5, 0.6) is 5.75 Å². The summed E-state index contributed by atoms with van der Waals surface area (Å²) in [4.78, 5) is 14.5. The third kappa shape index (κ3) is 4.92. The Hall–Kier alpha value is -3.05. The van der Waals surface area contributed by atoms with Gasteiger partial charge in [-0.2, -0.15) is 0 Å². The monoisotopic (exact) mass is 404 g/mol. The van der Waals surface area contributed by atoms with E-state index in [0.717, 1.165) is 31.3 Å². The van der Waals surface area contributed by atoms with Gasteiger partial charge in [-0.15, -0.1) is 0 Å². The van der Waals surface area contributed by atoms with Crippen molar-refractivity contribution in [3.05, 3.63) is 71.9 Å². The summed E-state index contributed by atoms with van der Waals surface area (Å²) in [5.41, 5.74) is 5.08. The Morgan fingerprint density at radius 1 is 1.13 bits per heavy atom. The van der Waals surface area contributed by atoms with Crippen LogP contribution >= 0.6 is 0 Å². The topological polar surface area (TPSA) is 63.4 Å². The van der Waals surface area contributed by atoms with Crippen LogP contribution < -0.4 is 10.1 Å². The quantitative estimate of drug-likeness (QED) is 0.311. The summed E-state index contributed by atoms with van der Waals surface area (Å²) < 4.78 is 9.63. The molecule has 0 saturated carbocycles. The highest BCUT2D eigenvalue weighted by molar-refractivity contribution is 5.85. The van der Waals surface area contributed by atoms with Crippen molar-refractivity contribution >= 4 is 22.6 Å². The van der Waals surface area contributed by atoms with Crippen molar-refractivity contribution in [1.29, 1.82) is 0 Å². The molecule has 0 fully saturated rings. The number of hydrogen-bond acceptors (Lipinski definition) is 4. The molecule has 2 heterocycles. The van der Waals surface area contributed by atoms with Gasteiger partial charge >= 0.3 is 6.16 Å². The van der Waals surface area contributed by atoms with E-state index in [1.165, 1.54) is 42.0 Å². The Kier molecular flexibility index (Phi) is 6.50. The molecule has 0 radical (unpaired) electrons. The van der Waals surface area contributed by atoms with E-state index in [9.17, 15) is 4.79 Å². The lowest BCUT2D eigenvalue weighted by Crippen LogP contribution is -2.32. The standard InChI is InChI=1S/C25H28N2O3/c1-29-25(28)30-22-11-12-23-20(17-27-24(23)16-22)9-5-6-10-21-15-19(13-14-26-21)18-7-3-2-4-8-18/h2-4,7-8,11-13,16-17,21,26-27H,5-6,9-10,14-15H2,1H3. The van der Waals surface area contributed by atoms with Crippen LogP contribution in [0.15, 0.2) is 60.8 Å². The van der Waals surface area contributed by atoms with Gasteiger partial charge in [0.15, 0.2) is 0 Å². The molecule has 1 aromatic heterocycles. The molecule has 156 valence electrons. The van der Waals surface area contributed by atoms with E-state index < -0.39 is 6.16 Å². The zero-order chi connectivity index (χ0) is 20.8. The van der Waals surface area contributed by atoms with Gasteiger partial charge in [-0.3, -0.25) is 0 Å². The van der Waals surface area contributed by atoms with Crippen LogP contribution in [0.2, 0.25) is 0 Å². The number of ether oxygens (including phenoxy) is 2. The van der Waals surface area contributed by atoms with E-state index in [1.54, 1.807) is 6.07 Å². The first kappa shape index (κ1) is 20.2. The Bertz CT molecular complexity index is 1020. The molecule has 30 heavy (non-hydrogen) atoms. The van der Waals surface area contributed by atoms with Crippen LogP contribution in [0.25, 0.3) is 16.5 Å². The maximum Gasteiger partial charge on any atom is 0.513 e. The summed E-state index contributed by atoms with van der Waals surface area (Å²) in [6, 6.07) is 16.9. The predicted molar refractivity (Wildman–Crippen MR) is 120 cm³/mol. The van der Waals surface area contributed by atoms with Crippen LogP contribution in [0.3, 0.4) is 0 Å². The van der Waals surface area contributed by atoms with Gasteiger partial charge in [-0.25, -0.2) is 4.79 Å². The summed E-state index contributed by atoms with van der Waals surface area (Å²) in [5, 5.41) is 4.81. The number of unbranched alkanes of at least 4 members (excludes halogenated alkanes) is 1. The molecule has 4 rings (SSSR count). The average molecular weight is 405 g/mol. The number of carbonyl (C=O) groups excluding carboxylic acids is 1. The summed E-state index contributed by atoms with van der Waals surface area (Å²) in [6.45, 7) is 0.952. The number of hydrogen-bond donors (Lipinski definition) is 2. The van der Waals surface area contributed by atoms with Gasteiger partial charge in [-0.1, -0.05) is 42.8 Å². The van der Waals surface area contributed by atoms with Crippen molar-refractivity contribution in [2.24, 2.45) is 0 Å². The Morgan fingerprint density at radius 2 is 2.00 bits per heavy atom. The first-order chi connectivity index (χ1) is 14.7. The van der Waals surface area contributed by atoms with E-state index in [-0.39, 0.29) is 0 Å². The van der Waals surface area contributed by atoms with E-state index in [0.29, 0.717) is 11.8 Å². The van der Waals surface area contributed by atoms with E-state index in [2.05, 4.69) is 57.6 Å². The lowest BCUT2D eigenvalue weighted by molar-refractivity contribution is 0.121. The van der Waals surface area contributed by atoms with Crippen molar-refractivity contribution in [3.8, 4) is 5.75 Å². The van der Waals surface area contributed by atoms with Crippen LogP contribution in [0.1, 0.15) is 36.8 Å². The summed E-state index contributed by atoms with van der Waals surface area (Å²) >= 11 is 0. The zero-order valence-electron chi connectivity index (χ0n) is 17.3. The van der Waals surface area contributed by atoms with Crippen LogP contribution in [-0.2, 0) is 11.2 Å². The van der Waals surface area contributed by atoms with Crippen LogP contribution in [-0.4, -0.2) is 30.8 Å². The highest BCUT2D eigenvalue weighted by atomic mass is 16.7. The number of rotatable bonds is 7. The molecule has 1 unspecified atom stereocenters. The van der Waals surface area contributed by atoms with E-state index in [1.807, 2.05) is 12.1 Å². The van der Waals surface area contributed by atoms with Crippen LogP contribution in [0, 0.1) is 0 Å². The number of aromatic nitrogens is 1. The van der Waals surface area contributed by atoms with Gasteiger partial charge in [0.2, 0.25) is 0 Å². The summed E-state index contributed by atoms with van der Waals surface area (Å²) in [5.74, 6) is 0.480. The molecule has 0 aliphatic carbocycles. The van der Waals surface area contributed by atoms with Crippen molar-refractivity contribution in [2.45, 2.75) is 38.1 Å². The number of benzene rings is 2. The summed E-state index contributed by atoms with van der Waals surface area (Å²) in [7, 11) is 1.30. The molecular weight excluding hydrogens is 376 g/mol. The second kappa shape index (κ2) is 9.63. The van der Waals surface area contributed by atoms with Crippen LogP contribution in [0.4, 0.5) is 4.79 Å². The SMILES string of the molecule is COC(=O)Oc1ccc2c(CCCCC3CC(c4ccccc4)=CCN3)c[nH]c2c1. The fourth-order valence-electron chi connectivity index (χ4n) is 4.14. The molecule has 2 aromatic carbocycles. The number of fused-ring (bicyclic) bond motifs is 1. The molecule has 0 bridgehead atoms. The highest BCUT2D eigenvalue weighted by Crippen LogP contribution is 2.27. The van der Waals surface area contributed by atoms with Crippen molar-refractivity contribution in [1.82, 2.24) is 10.3 Å². The fraction of sp³-hybridized carbons (Fsp3) is 0.320. The summed E-state index contributed by atoms with van der Waals surface area (Å²) in [6.07, 6.45) is 9.32. The van der Waals surface area contributed by atoms with Gasteiger partial charge in [0, 0.05) is 35.8 Å². The average Bonchev–Trinajstić information content (AvgIpc) is 3.19. The lowest BCUT2D eigenvalue weighted by atomic mass is 9.92. The molecule has 3 aromatic rings. The number of aromatic amines is 1. The van der Waals surface area contributed by atoms with Gasteiger partial charge in [0.1, 0.15) is 5.75 Å². The Balaban J connectivity index is 1.27. The molecule has 0 spiro atoms. The molecule has 5 heteroatoms. The number of H-pyrrole nitrogens is 1. The Morgan fingerprint density at radius 3 is 2.83 bits per heavy atom. The van der Waals surface area contributed by atoms with E-state index in [4.69, 9.17) is 4.74 Å². The normalized spacial score (nSPS) is 16.3. The first-order valence-electron chi connectivity index (χ1n) is 10.6. The second-order valence-electron chi connectivity index (χ2n) is 7.73. The molecule has 5 nitrogen and oxygen atoms in total. The molecule has 0 saturated heterocycles. The zero-order valence-corrected chi connectivity index (χ0v) is 17.3. The highest BCUT2D eigenvalue weighted by Gasteiger charge is 2.15. The third-order valence-electron chi connectivity index (χ3n) is 5.72. The van der Waals surface area contributed by atoms with Crippen molar-refractivity contribution in [2.75, 3.05) is 13.7 Å². The maximum absolute atomic E-state index is 11.3. The molecule has 1 aliphatic rings. The minimum Gasteiger partial charge on any atom is -0.437 e.